The summed E-state index contributed by atoms with van der Waals surface area (Å²) in [5.41, 5.74) is 8.11. The van der Waals surface area contributed by atoms with E-state index >= 15 is 0 Å². The molecule has 25 heavy (non-hydrogen) atoms. The number of aryl methyl sites for hydroxylation is 1. The normalized spacial score (nSPS) is 15.0. The largest absolute Gasteiger partial charge is 0.339 e. The molecule has 3 N–H and O–H groups in total. The quantitative estimate of drug-likeness (QED) is 0.701. The minimum atomic E-state index is -0.363. The maximum Gasteiger partial charge on any atom is 0.230 e. The van der Waals surface area contributed by atoms with Crippen LogP contribution in [0.2, 0.25) is 0 Å². The van der Waals surface area contributed by atoms with Gasteiger partial charge in [-0.3, -0.25) is 4.68 Å². The molecule has 1 fully saturated rings. The first-order chi connectivity index (χ1) is 12.0. The molecule has 0 bridgehead atoms. The molecule has 1 aliphatic rings. The second kappa shape index (κ2) is 5.43. The van der Waals surface area contributed by atoms with Gasteiger partial charge in [0, 0.05) is 19.8 Å². The molecule has 2 heterocycles. The highest BCUT2D eigenvalue weighted by Crippen LogP contribution is 2.38. The van der Waals surface area contributed by atoms with Gasteiger partial charge >= 0.3 is 0 Å². The summed E-state index contributed by atoms with van der Waals surface area (Å²) in [6.45, 7) is 0. The average molecular weight is 334 g/mol. The Labute approximate surface area is 144 Å². The monoisotopic (exact) mass is 334 g/mol. The van der Waals surface area contributed by atoms with E-state index in [9.17, 15) is 0 Å². The summed E-state index contributed by atoms with van der Waals surface area (Å²) >= 11 is 0. The number of nitrogens with one attached hydrogen (secondary N) is 1. The molecule has 1 aliphatic carbocycles. The number of nitrogens with zero attached hydrogens (tertiary/aromatic N) is 6. The Balaban J connectivity index is 1.77. The topological polar surface area (TPSA) is 109 Å². The third-order valence-corrected chi connectivity index (χ3v) is 4.59. The molecule has 0 saturated heterocycles. The highest BCUT2D eigenvalue weighted by atomic mass is 15.4. The van der Waals surface area contributed by atoms with Gasteiger partial charge in [0.1, 0.15) is 5.82 Å². The predicted octanol–water partition coefficient (Wildman–Crippen LogP) is 1.86. The van der Waals surface area contributed by atoms with Crippen LogP contribution in [0.3, 0.4) is 0 Å². The number of hydrogen-bond donors (Lipinski definition) is 2. The maximum atomic E-state index is 8.92. The second-order valence-electron chi connectivity index (χ2n) is 6.35. The standard InChI is InChI=1S/C17H18N8/c1-24(17(19)7-8-17)16-22-14(13-10-20-25(2)15(13)23-16)21-12-5-3-11(9-18)4-6-12/h3-6,10H,7-8,19H2,1-2H3,(H,21,22,23). The van der Waals surface area contributed by atoms with Crippen LogP contribution in [0.5, 0.6) is 0 Å². The number of nitriles is 1. The highest BCUT2D eigenvalue weighted by Gasteiger charge is 2.44. The summed E-state index contributed by atoms with van der Waals surface area (Å²) in [6, 6.07) is 9.32. The summed E-state index contributed by atoms with van der Waals surface area (Å²) in [5, 5.41) is 17.3. The molecule has 0 amide bonds. The molecular weight excluding hydrogens is 316 g/mol. The zero-order valence-electron chi connectivity index (χ0n) is 14.1. The van der Waals surface area contributed by atoms with Crippen LogP contribution in [0.4, 0.5) is 17.5 Å². The van der Waals surface area contributed by atoms with Crippen LogP contribution in [0.25, 0.3) is 11.0 Å². The van der Waals surface area contributed by atoms with Crippen molar-refractivity contribution in [3.05, 3.63) is 36.0 Å². The molecule has 1 saturated carbocycles. The van der Waals surface area contributed by atoms with E-state index in [1.807, 2.05) is 31.1 Å². The van der Waals surface area contributed by atoms with Crippen molar-refractivity contribution in [1.29, 1.82) is 5.26 Å². The Kier molecular flexibility index (Phi) is 3.33. The average Bonchev–Trinajstić information content (AvgIpc) is 3.27. The number of benzene rings is 1. The van der Waals surface area contributed by atoms with Gasteiger partial charge in [0.2, 0.25) is 5.95 Å². The van der Waals surface area contributed by atoms with E-state index in [2.05, 4.69) is 26.5 Å². The lowest BCUT2D eigenvalue weighted by Gasteiger charge is -2.24. The number of hydrogen-bond acceptors (Lipinski definition) is 7. The fourth-order valence-electron chi connectivity index (χ4n) is 2.68. The van der Waals surface area contributed by atoms with Gasteiger partial charge in [-0.1, -0.05) is 0 Å². The van der Waals surface area contributed by atoms with Gasteiger partial charge in [0.15, 0.2) is 5.65 Å². The summed E-state index contributed by atoms with van der Waals surface area (Å²) < 4.78 is 1.72. The third kappa shape index (κ3) is 2.64. The van der Waals surface area contributed by atoms with E-state index in [4.69, 9.17) is 11.0 Å². The smallest absolute Gasteiger partial charge is 0.230 e. The molecule has 8 nitrogen and oxygen atoms in total. The van der Waals surface area contributed by atoms with Gasteiger partial charge in [0.25, 0.3) is 0 Å². The Hall–Kier alpha value is -3.18. The maximum absolute atomic E-state index is 8.92. The lowest BCUT2D eigenvalue weighted by molar-refractivity contribution is 0.641. The number of fused-ring (bicyclic) bond motifs is 1. The summed E-state index contributed by atoms with van der Waals surface area (Å²) in [4.78, 5) is 11.2. The molecule has 0 aliphatic heterocycles. The van der Waals surface area contributed by atoms with Gasteiger partial charge in [-0.05, 0) is 37.1 Å². The van der Waals surface area contributed by atoms with E-state index in [1.165, 1.54) is 0 Å². The third-order valence-electron chi connectivity index (χ3n) is 4.59. The SMILES string of the molecule is CN(c1nc(Nc2ccc(C#N)cc2)c2cnn(C)c2n1)C1(N)CC1. The number of aromatic nitrogens is 4. The fraction of sp³-hybridized carbons (Fsp3) is 0.294. The first-order valence-corrected chi connectivity index (χ1v) is 8.00. The number of nitrogens with two attached hydrogens (primary N) is 1. The molecular formula is C17H18N8. The number of rotatable bonds is 4. The van der Waals surface area contributed by atoms with Gasteiger partial charge in [-0.2, -0.15) is 20.3 Å². The van der Waals surface area contributed by atoms with E-state index in [-0.39, 0.29) is 5.66 Å². The molecule has 0 atom stereocenters. The Morgan fingerprint density at radius 3 is 2.64 bits per heavy atom. The van der Waals surface area contributed by atoms with Crippen molar-refractivity contribution < 1.29 is 0 Å². The molecule has 1 aromatic carbocycles. The van der Waals surface area contributed by atoms with Gasteiger partial charge in [-0.25, -0.2) is 0 Å². The molecule has 126 valence electrons. The van der Waals surface area contributed by atoms with Crippen molar-refractivity contribution in [1.82, 2.24) is 19.7 Å². The highest BCUT2D eigenvalue weighted by molar-refractivity contribution is 5.89. The first kappa shape index (κ1) is 15.4. The van der Waals surface area contributed by atoms with Gasteiger partial charge < -0.3 is 16.0 Å². The lowest BCUT2D eigenvalue weighted by atomic mass is 10.2. The van der Waals surface area contributed by atoms with Crippen LogP contribution in [0, 0.1) is 11.3 Å². The molecule has 2 aromatic heterocycles. The molecule has 0 spiro atoms. The molecule has 0 radical (unpaired) electrons. The summed E-state index contributed by atoms with van der Waals surface area (Å²) in [6.07, 6.45) is 3.59. The molecule has 4 rings (SSSR count). The van der Waals surface area contributed by atoms with Crippen molar-refractivity contribution >= 4 is 28.5 Å². The van der Waals surface area contributed by atoms with Gasteiger partial charge in [0.05, 0.1) is 28.9 Å². The molecule has 0 unspecified atom stereocenters. The zero-order valence-corrected chi connectivity index (χ0v) is 14.1. The Bertz CT molecular complexity index is 978. The Morgan fingerprint density at radius 1 is 1.28 bits per heavy atom. The second-order valence-corrected chi connectivity index (χ2v) is 6.35. The number of anilines is 3. The lowest BCUT2D eigenvalue weighted by Crippen LogP contribution is -2.42. The van der Waals surface area contributed by atoms with Crippen LogP contribution < -0.4 is 16.0 Å². The predicted molar refractivity (Wildman–Crippen MR) is 95.3 cm³/mol. The van der Waals surface area contributed by atoms with Crippen molar-refractivity contribution in [3.8, 4) is 6.07 Å². The van der Waals surface area contributed by atoms with Gasteiger partial charge in [-0.15, -0.1) is 0 Å². The van der Waals surface area contributed by atoms with Crippen LogP contribution in [-0.2, 0) is 7.05 Å². The summed E-state index contributed by atoms with van der Waals surface area (Å²) in [5.74, 6) is 1.22. The van der Waals surface area contributed by atoms with E-state index in [1.54, 1.807) is 23.0 Å². The van der Waals surface area contributed by atoms with Crippen LogP contribution in [0.1, 0.15) is 18.4 Å². The molecule has 3 aromatic rings. The van der Waals surface area contributed by atoms with E-state index < -0.39 is 0 Å². The van der Waals surface area contributed by atoms with Crippen molar-refractivity contribution in [2.45, 2.75) is 18.5 Å². The molecule has 8 heteroatoms. The minimum Gasteiger partial charge on any atom is -0.339 e. The van der Waals surface area contributed by atoms with Crippen LogP contribution in [-0.4, -0.2) is 32.5 Å². The zero-order chi connectivity index (χ0) is 17.6. The van der Waals surface area contributed by atoms with E-state index in [0.29, 0.717) is 17.3 Å². The summed E-state index contributed by atoms with van der Waals surface area (Å²) in [7, 11) is 3.76. The van der Waals surface area contributed by atoms with Crippen LogP contribution in [0.15, 0.2) is 30.5 Å². The van der Waals surface area contributed by atoms with Crippen LogP contribution >= 0.6 is 0 Å². The first-order valence-electron chi connectivity index (χ1n) is 8.00. The minimum absolute atomic E-state index is 0.363. The van der Waals surface area contributed by atoms with E-state index in [0.717, 1.165) is 29.6 Å². The van der Waals surface area contributed by atoms with Crippen molar-refractivity contribution in [3.63, 3.8) is 0 Å². The fourth-order valence-corrected chi connectivity index (χ4v) is 2.68. The Morgan fingerprint density at radius 2 is 2.00 bits per heavy atom. The van der Waals surface area contributed by atoms with Crippen molar-refractivity contribution in [2.24, 2.45) is 12.8 Å². The van der Waals surface area contributed by atoms with Crippen molar-refractivity contribution in [2.75, 3.05) is 17.3 Å².